The molecule has 0 spiro atoms. The van der Waals surface area contributed by atoms with Crippen molar-refractivity contribution in [3.8, 4) is 22.9 Å². The predicted molar refractivity (Wildman–Crippen MR) is 133 cm³/mol. The number of hydrogen-bond acceptors (Lipinski definition) is 6. The zero-order valence-electron chi connectivity index (χ0n) is 19.3. The molecule has 0 fully saturated rings. The number of rotatable bonds is 6. The van der Waals surface area contributed by atoms with Gasteiger partial charge in [0.15, 0.2) is 11.6 Å². The predicted octanol–water partition coefficient (Wildman–Crippen LogP) is 4.24. The van der Waals surface area contributed by atoms with Crippen LogP contribution in [0.25, 0.3) is 5.69 Å². The lowest BCUT2D eigenvalue weighted by Crippen LogP contribution is -2.29. The molecule has 0 atom stereocenters. The molecule has 1 aliphatic rings. The number of primary amides is 1. The second-order valence-corrected chi connectivity index (χ2v) is 8.52. The summed E-state index contributed by atoms with van der Waals surface area (Å²) in [5, 5.41) is 2.31. The molecule has 2 amide bonds. The van der Waals surface area contributed by atoms with Gasteiger partial charge < -0.3 is 20.5 Å². The maximum atomic E-state index is 14.8. The Morgan fingerprint density at radius 3 is 2.58 bits per heavy atom. The van der Waals surface area contributed by atoms with Crippen LogP contribution < -0.4 is 26.1 Å². The Hall–Kier alpha value is -4.77. The van der Waals surface area contributed by atoms with Gasteiger partial charge in [0.1, 0.15) is 33.6 Å². The van der Waals surface area contributed by atoms with Gasteiger partial charge in [0.25, 0.3) is 17.4 Å². The van der Waals surface area contributed by atoms with E-state index in [1.807, 2.05) is 0 Å². The minimum atomic E-state index is -0.881. The fraction of sp³-hybridized carbons (Fsp3) is 0.0769. The number of pyridine rings is 2. The number of ether oxygens (including phenoxy) is 2. The van der Waals surface area contributed by atoms with Gasteiger partial charge in [0, 0.05) is 47.9 Å². The number of anilines is 1. The Bertz CT molecular complexity index is 1660. The number of nitrogens with zero attached hydrogens (tertiary/aromatic N) is 2. The van der Waals surface area contributed by atoms with E-state index in [4.69, 9.17) is 26.8 Å². The molecule has 2 aromatic carbocycles. The number of carbonyl (C=O) groups is 2. The molecule has 0 saturated carbocycles. The Morgan fingerprint density at radius 1 is 1.11 bits per heavy atom. The summed E-state index contributed by atoms with van der Waals surface area (Å²) in [4.78, 5) is 41.6. The van der Waals surface area contributed by atoms with Crippen molar-refractivity contribution in [1.82, 2.24) is 9.55 Å². The van der Waals surface area contributed by atoms with Crippen LogP contribution in [0, 0.1) is 11.6 Å². The molecule has 1 aliphatic heterocycles. The molecule has 9 nitrogen and oxygen atoms in total. The summed E-state index contributed by atoms with van der Waals surface area (Å²) in [6, 6.07) is 10.1. The summed E-state index contributed by atoms with van der Waals surface area (Å²) in [5.41, 5.74) is 5.03. The summed E-state index contributed by atoms with van der Waals surface area (Å²) in [6.07, 6.45) is 3.24. The van der Waals surface area contributed by atoms with Crippen molar-refractivity contribution in [2.24, 2.45) is 5.73 Å². The molecular formula is C26H17ClF2N4O5. The molecule has 0 saturated heterocycles. The van der Waals surface area contributed by atoms with Crippen molar-refractivity contribution in [2.75, 3.05) is 11.9 Å². The van der Waals surface area contributed by atoms with E-state index >= 15 is 0 Å². The maximum absolute atomic E-state index is 14.8. The van der Waals surface area contributed by atoms with Gasteiger partial charge in [-0.1, -0.05) is 11.6 Å². The van der Waals surface area contributed by atoms with Gasteiger partial charge in [-0.25, -0.2) is 13.8 Å². The van der Waals surface area contributed by atoms with E-state index in [1.165, 1.54) is 53.2 Å². The van der Waals surface area contributed by atoms with Crippen molar-refractivity contribution >= 4 is 29.1 Å². The van der Waals surface area contributed by atoms with Crippen molar-refractivity contribution in [3.05, 3.63) is 105 Å². The van der Waals surface area contributed by atoms with E-state index in [-0.39, 0.29) is 45.8 Å². The van der Waals surface area contributed by atoms with E-state index < -0.39 is 29.0 Å². The number of fused-ring (bicyclic) bond motifs is 1. The number of nitrogens with one attached hydrogen (secondary N) is 1. The van der Waals surface area contributed by atoms with E-state index in [0.717, 1.165) is 6.07 Å². The largest absolute Gasteiger partial charge is 0.492 e. The zero-order valence-corrected chi connectivity index (χ0v) is 20.1. The minimum Gasteiger partial charge on any atom is -0.492 e. The van der Waals surface area contributed by atoms with Crippen molar-refractivity contribution in [2.45, 2.75) is 6.42 Å². The first kappa shape index (κ1) is 24.9. The number of benzene rings is 2. The molecule has 192 valence electrons. The number of carbonyl (C=O) groups excluding carboxylic acids is 2. The van der Waals surface area contributed by atoms with Gasteiger partial charge >= 0.3 is 0 Å². The normalized spacial score (nSPS) is 12.0. The standard InChI is InChI=1S/C26H17ClF2N4O5/c27-21-19(7-9-31-22(21)24(30)34)38-18-6-3-15(11-17(18)29)32-25(35)20-23-13(8-10-37-23)12-33(26(20)36)16-4-1-14(28)2-5-16/h1-7,9,11-12H,8,10H2,(H2,30,34)(H,32,35). The van der Waals surface area contributed by atoms with Crippen LogP contribution in [0.1, 0.15) is 26.4 Å². The summed E-state index contributed by atoms with van der Waals surface area (Å²) in [7, 11) is 0. The number of aromatic nitrogens is 2. The average Bonchev–Trinajstić information content (AvgIpc) is 3.34. The van der Waals surface area contributed by atoms with Crippen LogP contribution in [-0.2, 0) is 6.42 Å². The highest BCUT2D eigenvalue weighted by Gasteiger charge is 2.27. The third kappa shape index (κ3) is 4.66. The number of nitrogens with two attached hydrogens (primary N) is 1. The zero-order chi connectivity index (χ0) is 27.0. The summed E-state index contributed by atoms with van der Waals surface area (Å²) in [5.74, 6) is -3.20. The van der Waals surface area contributed by atoms with Gasteiger partial charge in [-0.2, -0.15) is 0 Å². The van der Waals surface area contributed by atoms with Crippen LogP contribution in [0.3, 0.4) is 0 Å². The highest BCUT2D eigenvalue weighted by atomic mass is 35.5. The molecule has 38 heavy (non-hydrogen) atoms. The highest BCUT2D eigenvalue weighted by Crippen LogP contribution is 2.33. The summed E-state index contributed by atoms with van der Waals surface area (Å²) in [6.45, 7) is 0.276. The maximum Gasteiger partial charge on any atom is 0.271 e. The molecule has 0 radical (unpaired) electrons. The smallest absolute Gasteiger partial charge is 0.271 e. The van der Waals surface area contributed by atoms with Crippen LogP contribution in [0.4, 0.5) is 14.5 Å². The van der Waals surface area contributed by atoms with E-state index in [2.05, 4.69) is 10.3 Å². The molecule has 5 rings (SSSR count). The van der Waals surface area contributed by atoms with Crippen LogP contribution in [0.5, 0.6) is 17.2 Å². The lowest BCUT2D eigenvalue weighted by Gasteiger charge is -2.14. The van der Waals surface area contributed by atoms with Crippen molar-refractivity contribution in [1.29, 1.82) is 0 Å². The lowest BCUT2D eigenvalue weighted by molar-refractivity contribution is 0.0992. The third-order valence-electron chi connectivity index (χ3n) is 5.68. The molecule has 0 aliphatic carbocycles. The number of amides is 2. The Labute approximate surface area is 218 Å². The Balaban J connectivity index is 1.43. The van der Waals surface area contributed by atoms with Crippen molar-refractivity contribution < 1.29 is 27.8 Å². The van der Waals surface area contributed by atoms with Gasteiger partial charge in [-0.3, -0.25) is 19.0 Å². The summed E-state index contributed by atoms with van der Waals surface area (Å²) >= 11 is 6.07. The molecular weight excluding hydrogens is 522 g/mol. The Morgan fingerprint density at radius 2 is 1.87 bits per heavy atom. The third-order valence-corrected chi connectivity index (χ3v) is 6.05. The van der Waals surface area contributed by atoms with E-state index in [9.17, 15) is 23.2 Å². The fourth-order valence-electron chi connectivity index (χ4n) is 3.90. The second kappa shape index (κ2) is 9.94. The lowest BCUT2D eigenvalue weighted by atomic mass is 10.1. The molecule has 0 bridgehead atoms. The Kier molecular flexibility index (Phi) is 6.52. The van der Waals surface area contributed by atoms with Gasteiger partial charge in [-0.15, -0.1) is 0 Å². The number of hydrogen-bond donors (Lipinski definition) is 2. The minimum absolute atomic E-state index is 0.0295. The number of halogens is 3. The average molecular weight is 539 g/mol. The first-order chi connectivity index (χ1) is 18.2. The highest BCUT2D eigenvalue weighted by molar-refractivity contribution is 6.34. The quantitative estimate of drug-likeness (QED) is 0.378. The van der Waals surface area contributed by atoms with Crippen LogP contribution in [-0.4, -0.2) is 28.0 Å². The molecule has 2 aromatic heterocycles. The van der Waals surface area contributed by atoms with Gasteiger partial charge in [0.2, 0.25) is 0 Å². The molecule has 3 N–H and O–H groups in total. The molecule has 3 heterocycles. The fourth-order valence-corrected chi connectivity index (χ4v) is 4.14. The van der Waals surface area contributed by atoms with Crippen molar-refractivity contribution in [3.63, 3.8) is 0 Å². The van der Waals surface area contributed by atoms with Gasteiger partial charge in [-0.05, 0) is 36.4 Å². The van der Waals surface area contributed by atoms with E-state index in [0.29, 0.717) is 17.7 Å². The van der Waals surface area contributed by atoms with Crippen LogP contribution >= 0.6 is 11.6 Å². The summed E-state index contributed by atoms with van der Waals surface area (Å²) < 4.78 is 40.5. The first-order valence-corrected chi connectivity index (χ1v) is 11.5. The molecule has 4 aromatic rings. The van der Waals surface area contributed by atoms with E-state index in [1.54, 1.807) is 6.20 Å². The second-order valence-electron chi connectivity index (χ2n) is 8.15. The molecule has 12 heteroatoms. The SMILES string of the molecule is NC(=O)c1nccc(Oc2ccc(NC(=O)c3c4c(cn(-c5ccc(F)cc5)c3=O)CCO4)cc2F)c1Cl. The monoisotopic (exact) mass is 538 g/mol. The topological polar surface area (TPSA) is 126 Å². The first-order valence-electron chi connectivity index (χ1n) is 11.1. The van der Waals surface area contributed by atoms with Gasteiger partial charge in [0.05, 0.1) is 6.61 Å². The van der Waals surface area contributed by atoms with Crippen LogP contribution in [0.15, 0.2) is 65.7 Å². The molecule has 0 unspecified atom stereocenters. The van der Waals surface area contributed by atoms with Crippen LogP contribution in [0.2, 0.25) is 5.02 Å².